The Balaban J connectivity index is 1.44. The van der Waals surface area contributed by atoms with Crippen molar-refractivity contribution in [2.24, 2.45) is 7.05 Å². The molecule has 0 bridgehead atoms. The monoisotopic (exact) mass is 339 g/mol. The molecule has 0 radical (unpaired) electrons. The van der Waals surface area contributed by atoms with Gasteiger partial charge in [-0.2, -0.15) is 5.10 Å². The highest BCUT2D eigenvalue weighted by Crippen LogP contribution is 2.26. The molecule has 0 aromatic carbocycles. The molecule has 1 fully saturated rings. The van der Waals surface area contributed by atoms with Crippen LogP contribution >= 0.6 is 0 Å². The van der Waals surface area contributed by atoms with Gasteiger partial charge in [-0.3, -0.25) is 9.59 Å². The highest BCUT2D eigenvalue weighted by molar-refractivity contribution is 5.94. The highest BCUT2D eigenvalue weighted by Gasteiger charge is 2.34. The van der Waals surface area contributed by atoms with Crippen LogP contribution in [0.4, 0.5) is 5.82 Å². The van der Waals surface area contributed by atoms with Gasteiger partial charge in [0.25, 0.3) is 11.5 Å². The number of rotatable bonds is 3. The summed E-state index contributed by atoms with van der Waals surface area (Å²) in [6.07, 6.45) is 4.90. The SMILES string of the molecule is CN(C(=O)c1cccn(C)c1=O)C1CN(c2cc3c(nn2)CCC3)C1. The minimum absolute atomic E-state index is 0.0764. The van der Waals surface area contributed by atoms with Crippen LogP contribution in [0.3, 0.4) is 0 Å². The molecule has 0 saturated carbocycles. The van der Waals surface area contributed by atoms with Crippen LogP contribution < -0.4 is 10.5 Å². The van der Waals surface area contributed by atoms with Gasteiger partial charge < -0.3 is 14.4 Å². The average Bonchev–Trinajstić information content (AvgIpc) is 3.03. The van der Waals surface area contributed by atoms with Crippen molar-refractivity contribution < 1.29 is 4.79 Å². The zero-order valence-corrected chi connectivity index (χ0v) is 14.5. The number of carbonyl (C=O) groups is 1. The number of pyridine rings is 1. The Hall–Kier alpha value is -2.70. The number of hydrogen-bond acceptors (Lipinski definition) is 5. The summed E-state index contributed by atoms with van der Waals surface area (Å²) in [5.41, 5.74) is 2.36. The Morgan fingerprint density at radius 3 is 2.88 bits per heavy atom. The number of carbonyl (C=O) groups excluding carboxylic acids is 1. The largest absolute Gasteiger partial charge is 0.351 e. The molecule has 7 nitrogen and oxygen atoms in total. The maximum absolute atomic E-state index is 12.6. The summed E-state index contributed by atoms with van der Waals surface area (Å²) in [4.78, 5) is 28.5. The van der Waals surface area contributed by atoms with E-state index < -0.39 is 0 Å². The fourth-order valence-electron chi connectivity index (χ4n) is 3.47. The molecule has 0 spiro atoms. The van der Waals surface area contributed by atoms with E-state index in [0.29, 0.717) is 13.1 Å². The first-order valence-electron chi connectivity index (χ1n) is 8.58. The van der Waals surface area contributed by atoms with Gasteiger partial charge in [0.1, 0.15) is 5.56 Å². The molecule has 2 aromatic rings. The van der Waals surface area contributed by atoms with Crippen molar-refractivity contribution in [2.45, 2.75) is 25.3 Å². The smallest absolute Gasteiger partial charge is 0.263 e. The van der Waals surface area contributed by atoms with Crippen LogP contribution in [0.5, 0.6) is 0 Å². The molecule has 0 unspecified atom stereocenters. The third kappa shape index (κ3) is 2.69. The normalized spacial score (nSPS) is 16.5. The summed E-state index contributed by atoms with van der Waals surface area (Å²) >= 11 is 0. The number of fused-ring (bicyclic) bond motifs is 1. The van der Waals surface area contributed by atoms with E-state index in [9.17, 15) is 9.59 Å². The number of likely N-dealkylation sites (N-methyl/N-ethyl adjacent to an activating group) is 1. The van der Waals surface area contributed by atoms with E-state index in [1.165, 1.54) is 10.1 Å². The number of aromatic nitrogens is 3. The first kappa shape index (κ1) is 15.8. The third-order valence-electron chi connectivity index (χ3n) is 5.21. The number of anilines is 1. The lowest BCUT2D eigenvalue weighted by Gasteiger charge is -2.44. The lowest BCUT2D eigenvalue weighted by Crippen LogP contribution is -2.60. The van der Waals surface area contributed by atoms with E-state index in [1.54, 1.807) is 37.3 Å². The molecule has 3 heterocycles. The molecule has 1 aliphatic heterocycles. The standard InChI is InChI=1S/C18H21N5O2/c1-21-8-4-6-14(17(21)24)18(25)22(2)13-10-23(11-13)16-9-12-5-3-7-15(12)19-20-16/h4,6,8-9,13H,3,5,7,10-11H2,1-2H3. The van der Waals surface area contributed by atoms with Gasteiger partial charge in [0.15, 0.2) is 5.82 Å². The summed E-state index contributed by atoms with van der Waals surface area (Å²) in [6.45, 7) is 1.42. The Labute approximate surface area is 145 Å². The summed E-state index contributed by atoms with van der Waals surface area (Å²) < 4.78 is 1.42. The molecule has 7 heteroatoms. The van der Waals surface area contributed by atoms with Gasteiger partial charge in [0.05, 0.1) is 11.7 Å². The zero-order valence-electron chi connectivity index (χ0n) is 14.5. The molecule has 1 aliphatic carbocycles. The molecule has 130 valence electrons. The van der Waals surface area contributed by atoms with Gasteiger partial charge in [-0.05, 0) is 43.0 Å². The first-order chi connectivity index (χ1) is 12.0. The number of nitrogens with zero attached hydrogens (tertiary/aromatic N) is 5. The molecule has 25 heavy (non-hydrogen) atoms. The van der Waals surface area contributed by atoms with Crippen LogP contribution in [0.25, 0.3) is 0 Å². The third-order valence-corrected chi connectivity index (χ3v) is 5.21. The van der Waals surface area contributed by atoms with Crippen molar-refractivity contribution in [3.63, 3.8) is 0 Å². The van der Waals surface area contributed by atoms with Crippen molar-refractivity contribution in [1.29, 1.82) is 0 Å². The highest BCUT2D eigenvalue weighted by atomic mass is 16.2. The van der Waals surface area contributed by atoms with E-state index in [1.807, 2.05) is 0 Å². The lowest BCUT2D eigenvalue weighted by molar-refractivity contribution is 0.0702. The van der Waals surface area contributed by atoms with Crippen molar-refractivity contribution in [2.75, 3.05) is 25.0 Å². The molecular formula is C18H21N5O2. The fraction of sp³-hybridized carbons (Fsp3) is 0.444. The van der Waals surface area contributed by atoms with E-state index >= 15 is 0 Å². The fourth-order valence-corrected chi connectivity index (χ4v) is 3.47. The van der Waals surface area contributed by atoms with Crippen molar-refractivity contribution in [3.05, 3.63) is 51.6 Å². The molecule has 4 rings (SSSR count). The Morgan fingerprint density at radius 1 is 1.28 bits per heavy atom. The number of hydrogen-bond donors (Lipinski definition) is 0. The van der Waals surface area contributed by atoms with E-state index in [2.05, 4.69) is 21.2 Å². The van der Waals surface area contributed by atoms with Crippen molar-refractivity contribution in [1.82, 2.24) is 19.7 Å². The number of amides is 1. The quantitative estimate of drug-likeness (QED) is 0.820. The van der Waals surface area contributed by atoms with Crippen LogP contribution in [0.15, 0.2) is 29.2 Å². The minimum Gasteiger partial charge on any atom is -0.351 e. The molecule has 0 N–H and O–H groups in total. The second kappa shape index (κ2) is 5.98. The van der Waals surface area contributed by atoms with Crippen LogP contribution in [-0.2, 0) is 19.9 Å². The van der Waals surface area contributed by atoms with Crippen LogP contribution in [0.2, 0.25) is 0 Å². The molecular weight excluding hydrogens is 318 g/mol. The van der Waals surface area contributed by atoms with Crippen molar-refractivity contribution in [3.8, 4) is 0 Å². The Morgan fingerprint density at radius 2 is 2.08 bits per heavy atom. The van der Waals surface area contributed by atoms with Crippen LogP contribution in [-0.4, -0.2) is 51.8 Å². The summed E-state index contributed by atoms with van der Waals surface area (Å²) in [5.74, 6) is 0.652. The van der Waals surface area contributed by atoms with Gasteiger partial charge in [0.2, 0.25) is 0 Å². The van der Waals surface area contributed by atoms with Crippen molar-refractivity contribution >= 4 is 11.7 Å². The van der Waals surface area contributed by atoms with Gasteiger partial charge in [-0.1, -0.05) is 0 Å². The van der Waals surface area contributed by atoms with Crippen LogP contribution in [0.1, 0.15) is 28.0 Å². The minimum atomic E-state index is -0.264. The summed E-state index contributed by atoms with van der Waals surface area (Å²) in [6, 6.07) is 5.51. The molecule has 2 aliphatic rings. The van der Waals surface area contributed by atoms with Gasteiger partial charge in [-0.15, -0.1) is 5.10 Å². The maximum Gasteiger partial charge on any atom is 0.263 e. The molecule has 1 saturated heterocycles. The van der Waals surface area contributed by atoms with Gasteiger partial charge in [0, 0.05) is 33.4 Å². The summed E-state index contributed by atoms with van der Waals surface area (Å²) in [7, 11) is 3.40. The zero-order chi connectivity index (χ0) is 17.6. The lowest BCUT2D eigenvalue weighted by atomic mass is 10.1. The second-order valence-electron chi connectivity index (χ2n) is 6.84. The predicted octanol–water partition coefficient (Wildman–Crippen LogP) is 0.625. The average molecular weight is 339 g/mol. The van der Waals surface area contributed by atoms with E-state index in [4.69, 9.17) is 0 Å². The Bertz CT molecular complexity index is 885. The molecule has 1 amide bonds. The predicted molar refractivity (Wildman–Crippen MR) is 93.8 cm³/mol. The molecule has 0 atom stereocenters. The topological polar surface area (TPSA) is 71.3 Å². The second-order valence-corrected chi connectivity index (χ2v) is 6.84. The van der Waals surface area contributed by atoms with Crippen LogP contribution in [0, 0.1) is 0 Å². The van der Waals surface area contributed by atoms with Gasteiger partial charge in [-0.25, -0.2) is 0 Å². The van der Waals surface area contributed by atoms with Gasteiger partial charge >= 0.3 is 0 Å². The molecule has 2 aromatic heterocycles. The van der Waals surface area contributed by atoms with E-state index in [0.717, 1.165) is 30.8 Å². The number of aryl methyl sites for hydroxylation is 3. The van der Waals surface area contributed by atoms with E-state index in [-0.39, 0.29) is 23.1 Å². The first-order valence-corrected chi connectivity index (χ1v) is 8.58. The maximum atomic E-state index is 12.6. The Kier molecular flexibility index (Phi) is 3.78. The summed E-state index contributed by atoms with van der Waals surface area (Å²) in [5, 5.41) is 8.63.